The van der Waals surface area contributed by atoms with Crippen molar-refractivity contribution in [3.8, 4) is 0 Å². The fraction of sp³-hybridized carbons (Fsp3) is 0.550. The van der Waals surface area contributed by atoms with Gasteiger partial charge in [-0.1, -0.05) is 12.1 Å². The third-order valence-corrected chi connectivity index (χ3v) is 5.88. The Morgan fingerprint density at radius 1 is 1.30 bits per heavy atom. The Morgan fingerprint density at radius 2 is 2.07 bits per heavy atom. The van der Waals surface area contributed by atoms with E-state index in [1.54, 1.807) is 12.1 Å². The van der Waals surface area contributed by atoms with Gasteiger partial charge in [-0.25, -0.2) is 4.98 Å². The smallest absolute Gasteiger partial charge is 0.261 e. The lowest BCUT2D eigenvalue weighted by Gasteiger charge is -2.46. The highest BCUT2D eigenvalue weighted by molar-refractivity contribution is 5.77. The summed E-state index contributed by atoms with van der Waals surface area (Å²) in [6.07, 6.45) is 4.32. The van der Waals surface area contributed by atoms with E-state index in [9.17, 15) is 14.7 Å². The number of hydrogen-bond acceptors (Lipinski definition) is 5. The van der Waals surface area contributed by atoms with Crippen molar-refractivity contribution in [2.75, 3.05) is 19.7 Å². The van der Waals surface area contributed by atoms with Crippen LogP contribution in [0.15, 0.2) is 35.4 Å². The molecule has 2 aliphatic rings. The number of aliphatic hydroxyl groups is 1. The quantitative estimate of drug-likeness (QED) is 0.880. The van der Waals surface area contributed by atoms with Gasteiger partial charge in [0, 0.05) is 32.7 Å². The molecule has 2 aliphatic heterocycles. The molecule has 144 valence electrons. The fourth-order valence-corrected chi connectivity index (χ4v) is 4.16. The number of carbonyl (C=O) groups excluding carboxylic acids is 1. The van der Waals surface area contributed by atoms with Crippen LogP contribution in [0.1, 0.15) is 32.1 Å². The highest BCUT2D eigenvalue weighted by Gasteiger charge is 2.44. The summed E-state index contributed by atoms with van der Waals surface area (Å²) in [4.78, 5) is 31.2. The zero-order valence-electron chi connectivity index (χ0n) is 15.3. The molecule has 1 atom stereocenters. The summed E-state index contributed by atoms with van der Waals surface area (Å²) in [6.45, 7) is 2.17. The molecule has 7 nitrogen and oxygen atoms in total. The molecule has 27 heavy (non-hydrogen) atoms. The van der Waals surface area contributed by atoms with E-state index in [1.165, 1.54) is 10.9 Å². The second-order valence-electron chi connectivity index (χ2n) is 7.46. The van der Waals surface area contributed by atoms with Gasteiger partial charge in [-0.2, -0.15) is 0 Å². The lowest BCUT2D eigenvalue weighted by Crippen LogP contribution is -2.56. The molecule has 0 bridgehead atoms. The number of aliphatic hydroxyl groups excluding tert-OH is 1. The van der Waals surface area contributed by atoms with Crippen LogP contribution < -0.4 is 5.56 Å². The number of piperidine rings is 1. The van der Waals surface area contributed by atoms with E-state index in [2.05, 4.69) is 4.98 Å². The standard InChI is InChI=1S/C20H25N3O4/c24-17-6-3-13-27-20(17)8-11-22(12-9-20)18(25)7-10-23-14-21-16-5-2-1-4-15(16)19(23)26/h1-2,4-5,14,17,24H,3,6-13H2/t17-/m1/s1. The average molecular weight is 371 g/mol. The molecule has 2 fully saturated rings. The van der Waals surface area contributed by atoms with E-state index in [-0.39, 0.29) is 17.9 Å². The van der Waals surface area contributed by atoms with E-state index in [1.807, 2.05) is 17.0 Å². The van der Waals surface area contributed by atoms with Gasteiger partial charge in [0.2, 0.25) is 5.91 Å². The normalized spacial score (nSPS) is 22.3. The maximum Gasteiger partial charge on any atom is 0.261 e. The summed E-state index contributed by atoms with van der Waals surface area (Å²) in [6, 6.07) is 7.21. The Labute approximate surface area is 157 Å². The largest absolute Gasteiger partial charge is 0.390 e. The van der Waals surface area contributed by atoms with Gasteiger partial charge in [0.05, 0.1) is 28.9 Å². The van der Waals surface area contributed by atoms with Crippen molar-refractivity contribution >= 4 is 16.8 Å². The molecule has 2 aromatic rings. The van der Waals surface area contributed by atoms with Crippen molar-refractivity contribution in [1.29, 1.82) is 0 Å². The molecule has 1 N–H and O–H groups in total. The van der Waals surface area contributed by atoms with Crippen LogP contribution in [-0.2, 0) is 16.1 Å². The number of aromatic nitrogens is 2. The van der Waals surface area contributed by atoms with Crippen LogP contribution in [0.4, 0.5) is 0 Å². The Balaban J connectivity index is 1.37. The predicted molar refractivity (Wildman–Crippen MR) is 100 cm³/mol. The second kappa shape index (κ2) is 7.40. The maximum absolute atomic E-state index is 12.6. The highest BCUT2D eigenvalue weighted by Crippen LogP contribution is 2.35. The zero-order chi connectivity index (χ0) is 18.9. The van der Waals surface area contributed by atoms with E-state index in [0.29, 0.717) is 50.0 Å². The van der Waals surface area contributed by atoms with Gasteiger partial charge >= 0.3 is 0 Å². The third-order valence-electron chi connectivity index (χ3n) is 5.88. The average Bonchev–Trinajstić information content (AvgIpc) is 2.70. The molecule has 7 heteroatoms. The van der Waals surface area contributed by atoms with Crippen molar-refractivity contribution in [1.82, 2.24) is 14.5 Å². The molecule has 2 saturated heterocycles. The first-order valence-electron chi connectivity index (χ1n) is 9.63. The van der Waals surface area contributed by atoms with E-state index < -0.39 is 11.7 Å². The maximum atomic E-state index is 12.6. The van der Waals surface area contributed by atoms with Gasteiger partial charge < -0.3 is 14.7 Å². The van der Waals surface area contributed by atoms with Crippen molar-refractivity contribution in [2.45, 2.75) is 50.4 Å². The fourth-order valence-electron chi connectivity index (χ4n) is 4.16. The van der Waals surface area contributed by atoms with Gasteiger partial charge in [-0.3, -0.25) is 14.2 Å². The highest BCUT2D eigenvalue weighted by atomic mass is 16.5. The minimum absolute atomic E-state index is 0.0233. The number of aryl methyl sites for hydroxylation is 1. The molecule has 1 aromatic carbocycles. The SMILES string of the molecule is O=C(CCn1cnc2ccccc2c1=O)N1CCC2(CC1)OCCC[C@H]2O. The number of carbonyl (C=O) groups is 1. The number of ether oxygens (including phenoxy) is 1. The van der Waals surface area contributed by atoms with E-state index in [4.69, 9.17) is 4.74 Å². The summed E-state index contributed by atoms with van der Waals surface area (Å²) in [5, 5.41) is 10.9. The Morgan fingerprint density at radius 3 is 2.85 bits per heavy atom. The van der Waals surface area contributed by atoms with Crippen LogP contribution in [-0.4, -0.2) is 56.9 Å². The summed E-state index contributed by atoms with van der Waals surface area (Å²) < 4.78 is 7.39. The number of fused-ring (bicyclic) bond motifs is 1. The van der Waals surface area contributed by atoms with Crippen molar-refractivity contribution in [2.24, 2.45) is 0 Å². The number of para-hydroxylation sites is 1. The lowest BCUT2D eigenvalue weighted by atomic mass is 9.82. The summed E-state index contributed by atoms with van der Waals surface area (Å²) in [5.74, 6) is 0.0233. The molecular formula is C20H25N3O4. The number of likely N-dealkylation sites (tertiary alicyclic amines) is 1. The van der Waals surface area contributed by atoms with E-state index >= 15 is 0 Å². The van der Waals surface area contributed by atoms with Gasteiger partial charge in [-0.15, -0.1) is 0 Å². The summed E-state index contributed by atoms with van der Waals surface area (Å²) >= 11 is 0. The predicted octanol–water partition coefficient (Wildman–Crippen LogP) is 1.32. The molecule has 1 spiro atoms. The Bertz CT molecular complexity index is 886. The Kier molecular flexibility index (Phi) is 4.97. The van der Waals surface area contributed by atoms with Crippen LogP contribution in [0, 0.1) is 0 Å². The second-order valence-corrected chi connectivity index (χ2v) is 7.46. The number of benzene rings is 1. The number of rotatable bonds is 3. The van der Waals surface area contributed by atoms with Crippen molar-refractivity contribution in [3.63, 3.8) is 0 Å². The van der Waals surface area contributed by atoms with Crippen LogP contribution in [0.25, 0.3) is 10.9 Å². The minimum Gasteiger partial charge on any atom is -0.390 e. The first kappa shape index (κ1) is 18.1. The third kappa shape index (κ3) is 3.49. The first-order valence-corrected chi connectivity index (χ1v) is 9.63. The van der Waals surface area contributed by atoms with Crippen molar-refractivity contribution < 1.29 is 14.6 Å². The minimum atomic E-state index is -0.478. The van der Waals surface area contributed by atoms with Gasteiger partial charge in [0.25, 0.3) is 5.56 Å². The molecule has 0 saturated carbocycles. The van der Waals surface area contributed by atoms with Gasteiger partial charge in [0.1, 0.15) is 0 Å². The topological polar surface area (TPSA) is 84.7 Å². The summed E-state index contributed by atoms with van der Waals surface area (Å²) in [5.41, 5.74) is 0.0657. The molecular weight excluding hydrogens is 346 g/mol. The lowest BCUT2D eigenvalue weighted by molar-refractivity contribution is -0.179. The number of hydrogen-bond donors (Lipinski definition) is 1. The van der Waals surface area contributed by atoms with Gasteiger partial charge in [0.15, 0.2) is 0 Å². The van der Waals surface area contributed by atoms with Crippen LogP contribution >= 0.6 is 0 Å². The van der Waals surface area contributed by atoms with E-state index in [0.717, 1.165) is 12.8 Å². The molecule has 1 aromatic heterocycles. The number of nitrogens with zero attached hydrogens (tertiary/aromatic N) is 3. The molecule has 3 heterocycles. The zero-order valence-corrected chi connectivity index (χ0v) is 15.3. The van der Waals surface area contributed by atoms with Crippen LogP contribution in [0.2, 0.25) is 0 Å². The van der Waals surface area contributed by atoms with Crippen LogP contribution in [0.3, 0.4) is 0 Å². The first-order chi connectivity index (χ1) is 13.1. The van der Waals surface area contributed by atoms with Gasteiger partial charge in [-0.05, 0) is 37.8 Å². The molecule has 1 amide bonds. The number of amides is 1. The molecule has 4 rings (SSSR count). The van der Waals surface area contributed by atoms with Crippen molar-refractivity contribution in [3.05, 3.63) is 40.9 Å². The molecule has 0 aliphatic carbocycles. The Hall–Kier alpha value is -2.25. The summed E-state index contributed by atoms with van der Waals surface area (Å²) in [7, 11) is 0. The molecule has 0 unspecified atom stereocenters. The monoisotopic (exact) mass is 371 g/mol. The molecule has 0 radical (unpaired) electrons. The van der Waals surface area contributed by atoms with Crippen LogP contribution in [0.5, 0.6) is 0 Å².